The highest BCUT2D eigenvalue weighted by molar-refractivity contribution is 5.87. The number of imidazole rings is 1. The fourth-order valence-electron chi connectivity index (χ4n) is 2.78. The number of fused-ring (bicyclic) bond motifs is 1. The van der Waals surface area contributed by atoms with Crippen molar-refractivity contribution in [1.82, 2.24) is 19.5 Å². The van der Waals surface area contributed by atoms with Gasteiger partial charge in [-0.1, -0.05) is 54.1 Å². The second kappa shape index (κ2) is 5.65. The minimum atomic E-state index is 0.752. The van der Waals surface area contributed by atoms with Crippen LogP contribution in [0.25, 0.3) is 22.4 Å². The Morgan fingerprint density at radius 3 is 2.61 bits per heavy atom. The smallest absolute Gasteiger partial charge is 0.164 e. The molecule has 0 bridgehead atoms. The maximum atomic E-state index is 4.56. The number of rotatable bonds is 3. The van der Waals surface area contributed by atoms with E-state index in [4.69, 9.17) is 0 Å². The van der Waals surface area contributed by atoms with Crippen LogP contribution in [-0.2, 0) is 6.54 Å². The van der Waals surface area contributed by atoms with Crippen molar-refractivity contribution in [3.05, 3.63) is 78.4 Å². The first kappa shape index (κ1) is 13.6. The molecule has 0 amide bonds. The molecule has 0 unspecified atom stereocenters. The van der Waals surface area contributed by atoms with Crippen LogP contribution in [0.3, 0.4) is 0 Å². The SMILES string of the molecule is Cc1cccc(-c2ncnc3c2ncn3Cc2ccccc2)c1. The molecule has 2 aromatic heterocycles. The molecule has 4 rings (SSSR count). The van der Waals surface area contributed by atoms with Gasteiger partial charge in [-0.3, -0.25) is 0 Å². The number of aryl methyl sites for hydroxylation is 1. The lowest BCUT2D eigenvalue weighted by molar-refractivity contribution is 0.813. The maximum Gasteiger partial charge on any atom is 0.164 e. The van der Waals surface area contributed by atoms with Crippen molar-refractivity contribution < 1.29 is 0 Å². The quantitative estimate of drug-likeness (QED) is 0.577. The zero-order valence-corrected chi connectivity index (χ0v) is 12.8. The first-order chi connectivity index (χ1) is 11.3. The molecule has 23 heavy (non-hydrogen) atoms. The predicted molar refractivity (Wildman–Crippen MR) is 91.0 cm³/mol. The lowest BCUT2D eigenvalue weighted by Gasteiger charge is -2.05. The second-order valence-corrected chi connectivity index (χ2v) is 5.62. The number of hydrogen-bond acceptors (Lipinski definition) is 3. The van der Waals surface area contributed by atoms with Crippen LogP contribution in [0, 0.1) is 6.92 Å². The molecular weight excluding hydrogens is 284 g/mol. The van der Waals surface area contributed by atoms with Gasteiger partial charge in [0.05, 0.1) is 12.9 Å². The van der Waals surface area contributed by atoms with Gasteiger partial charge in [-0.15, -0.1) is 0 Å². The molecule has 0 aliphatic rings. The Labute approximate surface area is 134 Å². The third-order valence-electron chi connectivity index (χ3n) is 3.89. The molecule has 0 fully saturated rings. The van der Waals surface area contributed by atoms with Crippen molar-refractivity contribution >= 4 is 11.2 Å². The summed E-state index contributed by atoms with van der Waals surface area (Å²) in [6.45, 7) is 2.83. The van der Waals surface area contributed by atoms with Crippen molar-refractivity contribution in [3.63, 3.8) is 0 Å². The molecule has 2 aromatic carbocycles. The van der Waals surface area contributed by atoms with Crippen LogP contribution in [-0.4, -0.2) is 19.5 Å². The van der Waals surface area contributed by atoms with E-state index in [0.717, 1.165) is 29.0 Å². The van der Waals surface area contributed by atoms with Crippen molar-refractivity contribution in [2.75, 3.05) is 0 Å². The summed E-state index contributed by atoms with van der Waals surface area (Å²) in [7, 11) is 0. The molecule has 0 N–H and O–H groups in total. The number of nitrogens with zero attached hydrogens (tertiary/aromatic N) is 4. The van der Waals surface area contributed by atoms with Crippen molar-refractivity contribution in [3.8, 4) is 11.3 Å². The van der Waals surface area contributed by atoms with Crippen LogP contribution in [0.2, 0.25) is 0 Å². The van der Waals surface area contributed by atoms with Crippen LogP contribution < -0.4 is 0 Å². The van der Waals surface area contributed by atoms with E-state index in [1.54, 1.807) is 6.33 Å². The highest BCUT2D eigenvalue weighted by Gasteiger charge is 2.12. The van der Waals surface area contributed by atoms with Gasteiger partial charge >= 0.3 is 0 Å². The Hall–Kier alpha value is -3.01. The van der Waals surface area contributed by atoms with E-state index in [-0.39, 0.29) is 0 Å². The standard InChI is InChI=1S/C19H16N4/c1-14-6-5-9-16(10-14)17-18-19(21-12-20-17)23(13-22-18)11-15-7-3-2-4-8-15/h2-10,12-13H,11H2,1H3. The van der Waals surface area contributed by atoms with E-state index in [1.807, 2.05) is 30.6 Å². The Morgan fingerprint density at radius 1 is 0.913 bits per heavy atom. The van der Waals surface area contributed by atoms with E-state index >= 15 is 0 Å². The molecule has 0 radical (unpaired) electrons. The Kier molecular flexibility index (Phi) is 3.35. The third-order valence-corrected chi connectivity index (χ3v) is 3.89. The van der Waals surface area contributed by atoms with E-state index in [9.17, 15) is 0 Å². The Morgan fingerprint density at radius 2 is 1.78 bits per heavy atom. The zero-order chi connectivity index (χ0) is 15.6. The Balaban J connectivity index is 1.81. The zero-order valence-electron chi connectivity index (χ0n) is 12.8. The van der Waals surface area contributed by atoms with Gasteiger partial charge in [-0.2, -0.15) is 0 Å². The molecule has 112 valence electrons. The van der Waals surface area contributed by atoms with E-state index in [2.05, 4.69) is 56.8 Å². The first-order valence-electron chi connectivity index (χ1n) is 7.58. The lowest BCUT2D eigenvalue weighted by Crippen LogP contribution is -1.99. The summed E-state index contributed by atoms with van der Waals surface area (Å²) in [6.07, 6.45) is 3.45. The molecule has 0 aliphatic heterocycles. The minimum absolute atomic E-state index is 0.752. The predicted octanol–water partition coefficient (Wildman–Crippen LogP) is 3.85. The van der Waals surface area contributed by atoms with Gasteiger partial charge in [0.15, 0.2) is 5.65 Å². The normalized spacial score (nSPS) is 11.0. The number of benzene rings is 2. The maximum absolute atomic E-state index is 4.56. The van der Waals surface area contributed by atoms with Gasteiger partial charge in [0, 0.05) is 5.56 Å². The first-order valence-corrected chi connectivity index (χ1v) is 7.58. The van der Waals surface area contributed by atoms with Crippen molar-refractivity contribution in [1.29, 1.82) is 0 Å². The van der Waals surface area contributed by atoms with Crippen LogP contribution in [0.1, 0.15) is 11.1 Å². The molecule has 0 aliphatic carbocycles. The minimum Gasteiger partial charge on any atom is -0.311 e. The monoisotopic (exact) mass is 300 g/mol. The van der Waals surface area contributed by atoms with Gasteiger partial charge in [0.2, 0.25) is 0 Å². The number of aromatic nitrogens is 4. The third kappa shape index (κ3) is 2.59. The fourth-order valence-corrected chi connectivity index (χ4v) is 2.78. The molecule has 4 nitrogen and oxygen atoms in total. The lowest BCUT2D eigenvalue weighted by atomic mass is 10.1. The summed E-state index contributed by atoms with van der Waals surface area (Å²) in [5.74, 6) is 0. The van der Waals surface area contributed by atoms with E-state index in [1.165, 1.54) is 11.1 Å². The van der Waals surface area contributed by atoms with Crippen LogP contribution in [0.15, 0.2) is 67.3 Å². The molecule has 0 atom stereocenters. The largest absolute Gasteiger partial charge is 0.311 e. The van der Waals surface area contributed by atoms with Crippen molar-refractivity contribution in [2.45, 2.75) is 13.5 Å². The highest BCUT2D eigenvalue weighted by atomic mass is 15.1. The highest BCUT2D eigenvalue weighted by Crippen LogP contribution is 2.25. The average Bonchev–Trinajstić information content (AvgIpc) is 2.99. The summed E-state index contributed by atoms with van der Waals surface area (Å²) in [6, 6.07) is 18.6. The molecule has 4 aromatic rings. The van der Waals surface area contributed by atoms with E-state index < -0.39 is 0 Å². The molecule has 2 heterocycles. The van der Waals surface area contributed by atoms with Gasteiger partial charge in [-0.25, -0.2) is 15.0 Å². The molecule has 0 saturated heterocycles. The molecule has 0 saturated carbocycles. The topological polar surface area (TPSA) is 43.6 Å². The molecular formula is C19H16N4. The van der Waals surface area contributed by atoms with Gasteiger partial charge in [0.1, 0.15) is 17.5 Å². The average molecular weight is 300 g/mol. The van der Waals surface area contributed by atoms with Crippen LogP contribution in [0.4, 0.5) is 0 Å². The van der Waals surface area contributed by atoms with Crippen LogP contribution >= 0.6 is 0 Å². The second-order valence-electron chi connectivity index (χ2n) is 5.62. The Bertz CT molecular complexity index is 957. The van der Waals surface area contributed by atoms with Gasteiger partial charge in [-0.05, 0) is 18.6 Å². The van der Waals surface area contributed by atoms with E-state index in [0.29, 0.717) is 0 Å². The summed E-state index contributed by atoms with van der Waals surface area (Å²) < 4.78 is 2.06. The fraction of sp³-hybridized carbons (Fsp3) is 0.105. The number of hydrogen-bond donors (Lipinski definition) is 0. The molecule has 4 heteroatoms. The summed E-state index contributed by atoms with van der Waals surface area (Å²) in [5, 5.41) is 0. The summed E-state index contributed by atoms with van der Waals surface area (Å²) in [5.41, 5.74) is 6.09. The van der Waals surface area contributed by atoms with Gasteiger partial charge in [0.25, 0.3) is 0 Å². The van der Waals surface area contributed by atoms with Crippen LogP contribution in [0.5, 0.6) is 0 Å². The summed E-state index contributed by atoms with van der Waals surface area (Å²) in [4.78, 5) is 13.4. The van der Waals surface area contributed by atoms with Crippen molar-refractivity contribution in [2.24, 2.45) is 0 Å². The summed E-state index contributed by atoms with van der Waals surface area (Å²) >= 11 is 0. The molecule has 0 spiro atoms. The van der Waals surface area contributed by atoms with Gasteiger partial charge < -0.3 is 4.57 Å².